The Morgan fingerprint density at radius 2 is 1.00 bits per heavy atom. The molecule has 126 valence electrons. The van der Waals surface area contributed by atoms with Gasteiger partial charge in [0.1, 0.15) is 0 Å². The van der Waals surface area contributed by atoms with Gasteiger partial charge in [-0.2, -0.15) is 0 Å². The van der Waals surface area contributed by atoms with Crippen molar-refractivity contribution in [2.75, 3.05) is 27.2 Å². The summed E-state index contributed by atoms with van der Waals surface area (Å²) >= 11 is 0. The van der Waals surface area contributed by atoms with Crippen molar-refractivity contribution in [3.63, 3.8) is 0 Å². The topological polar surface area (TPSA) is 46.9 Å². The van der Waals surface area contributed by atoms with Crippen LogP contribution >= 0.6 is 0 Å². The summed E-state index contributed by atoms with van der Waals surface area (Å²) in [6, 6.07) is 8.53. The van der Waals surface area contributed by atoms with Gasteiger partial charge in [-0.25, -0.2) is 0 Å². The molecule has 1 rings (SSSR count). The summed E-state index contributed by atoms with van der Waals surface area (Å²) in [6.45, 7) is 10.2. The average molecular weight is 308 g/mol. The zero-order valence-corrected chi connectivity index (χ0v) is 14.9. The van der Waals surface area contributed by atoms with Gasteiger partial charge in [0.05, 0.1) is 11.2 Å². The van der Waals surface area contributed by atoms with Gasteiger partial charge < -0.3 is 10.2 Å². The average Bonchev–Trinajstić information content (AvgIpc) is 2.26. The quantitative estimate of drug-likeness (QED) is 0.772. The minimum absolute atomic E-state index is 0.642. The number of hydrogen-bond acceptors (Lipinski definition) is 4. The van der Waals surface area contributed by atoms with Gasteiger partial charge in [0.2, 0.25) is 0 Å². The second-order valence-electron chi connectivity index (χ2n) is 7.79. The fourth-order valence-corrected chi connectivity index (χ4v) is 2.81. The lowest BCUT2D eigenvalue weighted by Gasteiger charge is -2.26. The zero-order valence-electron chi connectivity index (χ0n) is 14.9. The van der Waals surface area contributed by atoms with Crippen LogP contribution < -0.4 is 0 Å². The van der Waals surface area contributed by atoms with Crippen LogP contribution in [-0.4, -0.2) is 58.4 Å². The number of benzene rings is 1. The molecule has 1 aromatic rings. The van der Waals surface area contributed by atoms with Gasteiger partial charge in [0.15, 0.2) is 0 Å². The van der Waals surface area contributed by atoms with Crippen molar-refractivity contribution in [2.24, 2.45) is 0 Å². The minimum Gasteiger partial charge on any atom is -0.389 e. The molecule has 22 heavy (non-hydrogen) atoms. The summed E-state index contributed by atoms with van der Waals surface area (Å²) in [6.07, 6.45) is 0. The Labute approximate surface area is 135 Å². The number of aliphatic hydroxyl groups is 2. The molecule has 4 heteroatoms. The molecular weight excluding hydrogens is 276 g/mol. The van der Waals surface area contributed by atoms with E-state index >= 15 is 0 Å². The predicted molar refractivity (Wildman–Crippen MR) is 91.7 cm³/mol. The highest BCUT2D eigenvalue weighted by molar-refractivity contribution is 5.22. The van der Waals surface area contributed by atoms with Gasteiger partial charge in [-0.1, -0.05) is 24.3 Å². The first-order valence-corrected chi connectivity index (χ1v) is 7.84. The van der Waals surface area contributed by atoms with Crippen LogP contribution in [-0.2, 0) is 13.1 Å². The molecule has 0 saturated heterocycles. The summed E-state index contributed by atoms with van der Waals surface area (Å²) in [5.41, 5.74) is 1.13. The van der Waals surface area contributed by atoms with Crippen LogP contribution in [0.5, 0.6) is 0 Å². The molecule has 4 nitrogen and oxygen atoms in total. The van der Waals surface area contributed by atoms with Crippen LogP contribution in [0.25, 0.3) is 0 Å². The summed E-state index contributed by atoms with van der Waals surface area (Å²) in [4.78, 5) is 4.24. The smallest absolute Gasteiger partial charge is 0.0718 e. The van der Waals surface area contributed by atoms with E-state index in [-0.39, 0.29) is 0 Å². The first-order chi connectivity index (χ1) is 9.94. The molecule has 2 N–H and O–H groups in total. The monoisotopic (exact) mass is 308 g/mol. The van der Waals surface area contributed by atoms with E-state index in [4.69, 9.17) is 0 Å². The van der Waals surface area contributed by atoms with E-state index in [0.29, 0.717) is 13.1 Å². The third kappa shape index (κ3) is 8.49. The third-order valence-electron chi connectivity index (χ3n) is 3.24. The number of hydrogen-bond donors (Lipinski definition) is 2. The molecule has 0 aliphatic rings. The Bertz CT molecular complexity index is 401. The molecule has 0 heterocycles. The molecule has 0 radical (unpaired) electrons. The van der Waals surface area contributed by atoms with E-state index < -0.39 is 11.2 Å². The van der Waals surface area contributed by atoms with Gasteiger partial charge in [-0.05, 0) is 52.9 Å². The Kier molecular flexibility index (Phi) is 6.56. The van der Waals surface area contributed by atoms with Crippen molar-refractivity contribution in [3.05, 3.63) is 35.4 Å². The maximum atomic E-state index is 9.83. The number of rotatable bonds is 8. The molecule has 0 fully saturated rings. The Balaban J connectivity index is 2.53. The molecule has 0 aliphatic heterocycles. The Morgan fingerprint density at radius 1 is 0.727 bits per heavy atom. The summed E-state index contributed by atoms with van der Waals surface area (Å²) < 4.78 is 0. The minimum atomic E-state index is -0.672. The second-order valence-corrected chi connectivity index (χ2v) is 7.79. The molecule has 0 aliphatic carbocycles. The van der Waals surface area contributed by atoms with Gasteiger partial charge in [-0.15, -0.1) is 0 Å². The van der Waals surface area contributed by atoms with Crippen molar-refractivity contribution < 1.29 is 10.2 Å². The highest BCUT2D eigenvalue weighted by Gasteiger charge is 2.16. The van der Waals surface area contributed by atoms with Crippen molar-refractivity contribution >= 4 is 0 Å². The molecule has 0 saturated carbocycles. The zero-order chi connectivity index (χ0) is 17.0. The first kappa shape index (κ1) is 19.1. The largest absolute Gasteiger partial charge is 0.389 e. The first-order valence-electron chi connectivity index (χ1n) is 7.84. The molecule has 0 bridgehead atoms. The van der Waals surface area contributed by atoms with Crippen molar-refractivity contribution in [1.29, 1.82) is 0 Å². The Morgan fingerprint density at radius 3 is 1.23 bits per heavy atom. The lowest BCUT2D eigenvalue weighted by atomic mass is 10.1. The van der Waals surface area contributed by atoms with Crippen LogP contribution in [0.3, 0.4) is 0 Å². The van der Waals surface area contributed by atoms with Gasteiger partial charge in [-0.3, -0.25) is 9.80 Å². The molecule has 1 aromatic carbocycles. The summed E-state index contributed by atoms with van der Waals surface area (Å²) in [5.74, 6) is 0. The third-order valence-corrected chi connectivity index (χ3v) is 3.24. The molecule has 0 unspecified atom stereocenters. The van der Waals surface area contributed by atoms with Crippen LogP contribution in [0.4, 0.5) is 0 Å². The SMILES string of the molecule is CN(Cc1ccc(CN(C)CC(C)(C)O)cc1)CC(C)(C)O. The van der Waals surface area contributed by atoms with E-state index in [9.17, 15) is 10.2 Å². The predicted octanol–water partition coefficient (Wildman–Crippen LogP) is 2.09. The van der Waals surface area contributed by atoms with Crippen LogP contribution in [0, 0.1) is 0 Å². The van der Waals surface area contributed by atoms with E-state index in [1.54, 1.807) is 0 Å². The Hall–Kier alpha value is -0.940. The number of likely N-dealkylation sites (N-methyl/N-ethyl adjacent to an activating group) is 2. The lowest BCUT2D eigenvalue weighted by Crippen LogP contribution is -2.36. The molecule has 0 atom stereocenters. The van der Waals surface area contributed by atoms with Crippen LogP contribution in [0.2, 0.25) is 0 Å². The van der Waals surface area contributed by atoms with Gasteiger partial charge >= 0.3 is 0 Å². The van der Waals surface area contributed by atoms with Crippen molar-refractivity contribution in [2.45, 2.75) is 52.0 Å². The fraction of sp³-hybridized carbons (Fsp3) is 0.667. The van der Waals surface area contributed by atoms with Gasteiger partial charge in [0, 0.05) is 26.2 Å². The van der Waals surface area contributed by atoms with Crippen LogP contribution in [0.15, 0.2) is 24.3 Å². The molecule has 0 aromatic heterocycles. The van der Waals surface area contributed by atoms with E-state index in [1.807, 2.05) is 41.8 Å². The van der Waals surface area contributed by atoms with Crippen molar-refractivity contribution in [1.82, 2.24) is 9.80 Å². The van der Waals surface area contributed by atoms with E-state index in [2.05, 4.69) is 34.1 Å². The standard InChI is InChI=1S/C18H32N2O2/c1-17(2,21)13-19(5)11-15-7-9-16(10-8-15)12-20(6)14-18(3,4)22/h7-10,21-22H,11-14H2,1-6H3. The highest BCUT2D eigenvalue weighted by Crippen LogP contribution is 2.12. The maximum Gasteiger partial charge on any atom is 0.0718 e. The van der Waals surface area contributed by atoms with Crippen LogP contribution in [0.1, 0.15) is 38.8 Å². The van der Waals surface area contributed by atoms with Gasteiger partial charge in [0.25, 0.3) is 0 Å². The van der Waals surface area contributed by atoms with Crippen molar-refractivity contribution in [3.8, 4) is 0 Å². The number of nitrogens with zero attached hydrogens (tertiary/aromatic N) is 2. The fourth-order valence-electron chi connectivity index (χ4n) is 2.81. The molecule has 0 amide bonds. The maximum absolute atomic E-state index is 9.83. The molecule has 0 spiro atoms. The lowest BCUT2D eigenvalue weighted by molar-refractivity contribution is 0.0416. The second kappa shape index (κ2) is 7.55. The highest BCUT2D eigenvalue weighted by atomic mass is 16.3. The summed E-state index contributed by atoms with van der Waals surface area (Å²) in [7, 11) is 4.03. The van der Waals surface area contributed by atoms with E-state index in [0.717, 1.165) is 13.1 Å². The normalized spacial score (nSPS) is 13.2. The molecular formula is C18H32N2O2. The van der Waals surface area contributed by atoms with E-state index in [1.165, 1.54) is 11.1 Å². The summed E-state index contributed by atoms with van der Waals surface area (Å²) in [5, 5.41) is 19.7.